The minimum absolute atomic E-state index is 0.120. The van der Waals surface area contributed by atoms with Crippen LogP contribution in [-0.4, -0.2) is 23.2 Å². The van der Waals surface area contributed by atoms with Gasteiger partial charge in [0.25, 0.3) is 0 Å². The zero-order valence-corrected chi connectivity index (χ0v) is 14.9. The van der Waals surface area contributed by atoms with Gasteiger partial charge in [-0.3, -0.25) is 0 Å². The molecule has 0 radical (unpaired) electrons. The van der Waals surface area contributed by atoms with E-state index in [1.54, 1.807) is 13.3 Å². The van der Waals surface area contributed by atoms with E-state index < -0.39 is 0 Å². The van der Waals surface area contributed by atoms with E-state index in [2.05, 4.69) is 33.9 Å². The van der Waals surface area contributed by atoms with Crippen LogP contribution in [0, 0.1) is 5.92 Å². The van der Waals surface area contributed by atoms with Gasteiger partial charge in [0.1, 0.15) is 18.5 Å². The highest BCUT2D eigenvalue weighted by molar-refractivity contribution is 5.71. The van der Waals surface area contributed by atoms with Gasteiger partial charge >= 0.3 is 0 Å². The van der Waals surface area contributed by atoms with E-state index in [9.17, 15) is 0 Å². The average molecular weight is 354 g/mol. The summed E-state index contributed by atoms with van der Waals surface area (Å²) in [6, 6.07) is 2.10. The molecule has 7 nitrogen and oxygen atoms in total. The van der Waals surface area contributed by atoms with Gasteiger partial charge in [-0.05, 0) is 36.5 Å². The molecule has 26 heavy (non-hydrogen) atoms. The molecule has 1 aliphatic heterocycles. The molecule has 1 unspecified atom stereocenters. The fourth-order valence-corrected chi connectivity index (χ4v) is 3.44. The van der Waals surface area contributed by atoms with Crippen molar-refractivity contribution in [2.45, 2.75) is 31.9 Å². The zero-order valence-electron chi connectivity index (χ0n) is 14.9. The first-order valence-corrected chi connectivity index (χ1v) is 8.84. The zero-order chi connectivity index (χ0) is 18.3. The highest BCUT2D eigenvalue weighted by atomic mass is 16.5. The molecule has 4 rings (SSSR count). The maximum absolute atomic E-state index is 6.33. The second-order valence-corrected chi connectivity index (χ2v) is 6.82. The van der Waals surface area contributed by atoms with Crippen molar-refractivity contribution in [2.24, 2.45) is 5.92 Å². The van der Waals surface area contributed by atoms with Gasteiger partial charge < -0.3 is 26.7 Å². The maximum atomic E-state index is 6.33. The highest BCUT2D eigenvalue weighted by Crippen LogP contribution is 2.45. The van der Waals surface area contributed by atoms with Crippen molar-refractivity contribution >= 4 is 17.8 Å². The number of fused-ring (bicyclic) bond motifs is 1. The molecule has 1 saturated carbocycles. The lowest BCUT2D eigenvalue weighted by Crippen LogP contribution is -2.47. The van der Waals surface area contributed by atoms with Crippen molar-refractivity contribution in [1.29, 1.82) is 0 Å². The molecule has 1 fully saturated rings. The van der Waals surface area contributed by atoms with Crippen LogP contribution in [0.15, 0.2) is 18.3 Å². The number of ether oxygens (including phenoxy) is 2. The van der Waals surface area contributed by atoms with E-state index in [0.717, 1.165) is 33.8 Å². The summed E-state index contributed by atoms with van der Waals surface area (Å²) in [5.74, 6) is 2.76. The monoisotopic (exact) mass is 354 g/mol. The number of nitrogens with two attached hydrogens (primary N) is 2. The summed E-state index contributed by atoms with van der Waals surface area (Å²) in [5, 5.41) is 0. The lowest BCUT2D eigenvalue weighted by atomic mass is 9.94. The maximum Gasteiger partial charge on any atom is 0.221 e. The first-order chi connectivity index (χ1) is 12.6. The smallest absolute Gasteiger partial charge is 0.221 e. The molecular formula is C19H24N5O2+. The van der Waals surface area contributed by atoms with Gasteiger partial charge in [-0.15, -0.1) is 0 Å². The Labute approximate surface area is 152 Å². The van der Waals surface area contributed by atoms with E-state index in [4.69, 9.17) is 20.9 Å². The fraction of sp³-hybridized carbons (Fsp3) is 0.368. The standard InChI is InChI=1S/C19H23N5O2/c1-25-16-12(8-20)6-11(7-13-9-23-19(22)24-18(13)21)14-4-5-15(10-2-3-10)26-17(14)16/h4-6,9-10,15H,2-3,7-8,20H2,1H3,(H4,21,22,23,24)/p+1. The number of rotatable bonds is 5. The van der Waals surface area contributed by atoms with Gasteiger partial charge in [-0.25, -0.2) is 4.98 Å². The molecule has 1 aromatic heterocycles. The summed E-state index contributed by atoms with van der Waals surface area (Å²) < 4.78 is 12.0. The quantitative estimate of drug-likeness (QED) is 0.740. The number of aromatic nitrogens is 2. The minimum Gasteiger partial charge on any atom is -0.492 e. The Hall–Kier alpha value is -2.80. The summed E-state index contributed by atoms with van der Waals surface area (Å²) in [6.07, 6.45) is 9.11. The van der Waals surface area contributed by atoms with Gasteiger partial charge in [-0.1, -0.05) is 6.08 Å². The lowest BCUT2D eigenvalue weighted by Gasteiger charge is -2.26. The van der Waals surface area contributed by atoms with Crippen LogP contribution < -0.4 is 26.7 Å². The van der Waals surface area contributed by atoms with Crippen LogP contribution in [0.3, 0.4) is 0 Å². The summed E-state index contributed by atoms with van der Waals surface area (Å²) >= 11 is 0. The molecular weight excluding hydrogens is 330 g/mol. The number of nitrogens with zero attached hydrogens (tertiary/aromatic N) is 2. The van der Waals surface area contributed by atoms with E-state index in [1.807, 2.05) is 0 Å². The van der Waals surface area contributed by atoms with Crippen molar-refractivity contribution in [1.82, 2.24) is 9.97 Å². The van der Waals surface area contributed by atoms with Crippen LogP contribution in [0.25, 0.3) is 6.08 Å². The highest BCUT2D eigenvalue weighted by Gasteiger charge is 2.35. The van der Waals surface area contributed by atoms with Crippen molar-refractivity contribution in [3.05, 3.63) is 40.6 Å². The van der Waals surface area contributed by atoms with Crippen LogP contribution in [0.1, 0.15) is 35.1 Å². The molecule has 0 bridgehead atoms. The predicted molar refractivity (Wildman–Crippen MR) is 99.4 cm³/mol. The SMILES string of the molecule is COc1c(C[NH3+])cc(Cc2cnc(N)nc2N)c2c1OC(C1CC1)C=C2. The Morgan fingerprint density at radius 1 is 1.27 bits per heavy atom. The van der Waals surface area contributed by atoms with Gasteiger partial charge in [0.15, 0.2) is 11.5 Å². The molecule has 0 saturated heterocycles. The number of anilines is 2. The topological polar surface area (TPSA) is 124 Å². The van der Waals surface area contributed by atoms with Crippen LogP contribution in [0.4, 0.5) is 11.8 Å². The first-order valence-electron chi connectivity index (χ1n) is 8.84. The number of quaternary nitrogens is 1. The Morgan fingerprint density at radius 3 is 2.73 bits per heavy atom. The number of benzene rings is 1. The van der Waals surface area contributed by atoms with Crippen LogP contribution >= 0.6 is 0 Å². The van der Waals surface area contributed by atoms with Crippen LogP contribution in [-0.2, 0) is 13.0 Å². The van der Waals surface area contributed by atoms with Crippen molar-refractivity contribution < 1.29 is 15.2 Å². The molecule has 2 heterocycles. The third kappa shape index (κ3) is 2.94. The third-order valence-corrected chi connectivity index (χ3v) is 5.00. The fourth-order valence-electron chi connectivity index (χ4n) is 3.44. The van der Waals surface area contributed by atoms with Crippen molar-refractivity contribution in [3.8, 4) is 11.5 Å². The average Bonchev–Trinajstić information content (AvgIpc) is 3.48. The number of hydrogen-bond donors (Lipinski definition) is 3. The second kappa shape index (κ2) is 6.49. The largest absolute Gasteiger partial charge is 0.492 e. The predicted octanol–water partition coefficient (Wildman–Crippen LogP) is 1.17. The molecule has 2 aromatic rings. The van der Waals surface area contributed by atoms with Crippen molar-refractivity contribution in [3.63, 3.8) is 0 Å². The van der Waals surface area contributed by atoms with E-state index in [0.29, 0.717) is 24.7 Å². The summed E-state index contributed by atoms with van der Waals surface area (Å²) in [5.41, 5.74) is 19.6. The van der Waals surface area contributed by atoms with Crippen LogP contribution in [0.2, 0.25) is 0 Å². The number of nitrogen functional groups attached to an aromatic ring is 2. The third-order valence-electron chi connectivity index (χ3n) is 5.00. The molecule has 7 heteroatoms. The summed E-state index contributed by atoms with van der Waals surface area (Å²) in [4.78, 5) is 8.13. The Balaban J connectivity index is 1.78. The Bertz CT molecular complexity index is 877. The van der Waals surface area contributed by atoms with Crippen molar-refractivity contribution in [2.75, 3.05) is 18.6 Å². The molecule has 0 spiro atoms. The Kier molecular flexibility index (Phi) is 4.16. The lowest BCUT2D eigenvalue weighted by molar-refractivity contribution is -0.386. The molecule has 136 valence electrons. The van der Waals surface area contributed by atoms with Gasteiger partial charge in [0, 0.05) is 23.7 Å². The molecule has 1 aromatic carbocycles. The molecule has 7 N–H and O–H groups in total. The molecule has 1 atom stereocenters. The van der Waals surface area contributed by atoms with E-state index in [-0.39, 0.29) is 12.1 Å². The summed E-state index contributed by atoms with van der Waals surface area (Å²) in [7, 11) is 1.67. The molecule has 0 amide bonds. The second-order valence-electron chi connectivity index (χ2n) is 6.82. The Morgan fingerprint density at radius 2 is 2.08 bits per heavy atom. The van der Waals surface area contributed by atoms with E-state index >= 15 is 0 Å². The first kappa shape index (κ1) is 16.7. The number of methoxy groups -OCH3 is 1. The van der Waals surface area contributed by atoms with E-state index in [1.165, 1.54) is 12.8 Å². The van der Waals surface area contributed by atoms with Crippen LogP contribution in [0.5, 0.6) is 11.5 Å². The van der Waals surface area contributed by atoms with Gasteiger partial charge in [0.05, 0.1) is 12.7 Å². The number of hydrogen-bond acceptors (Lipinski definition) is 6. The summed E-state index contributed by atoms with van der Waals surface area (Å²) in [6.45, 7) is 0.609. The normalized spacial score (nSPS) is 18.3. The van der Waals surface area contributed by atoms with Gasteiger partial charge in [-0.2, -0.15) is 4.98 Å². The minimum atomic E-state index is 0.120. The molecule has 1 aliphatic carbocycles. The van der Waals surface area contributed by atoms with Gasteiger partial charge in [0.2, 0.25) is 5.95 Å². The molecule has 2 aliphatic rings.